The van der Waals surface area contributed by atoms with Crippen LogP contribution in [0.5, 0.6) is 11.5 Å². The number of hydrogen-bond acceptors (Lipinski definition) is 8. The number of hydrogen-bond donors (Lipinski definition) is 4. The Kier molecular flexibility index (Phi) is 3.70. The van der Waals surface area contributed by atoms with E-state index in [2.05, 4.69) is 0 Å². The highest BCUT2D eigenvalue weighted by Gasteiger charge is 2.37. The minimum atomic E-state index is -5.05. The molecule has 0 aromatic heterocycles. The third-order valence-corrected chi connectivity index (χ3v) is 5.48. The number of rotatable bonds is 2. The largest absolute Gasteiger partial charge is 0.504 e. The van der Waals surface area contributed by atoms with Crippen LogP contribution in [0.2, 0.25) is 0 Å². The van der Waals surface area contributed by atoms with Gasteiger partial charge in [-0.25, -0.2) is 0 Å². The topological polar surface area (TPSA) is 183 Å². The van der Waals surface area contributed by atoms with Gasteiger partial charge < -0.3 is 10.2 Å². The van der Waals surface area contributed by atoms with Crippen molar-refractivity contribution in [2.75, 3.05) is 0 Å². The maximum absolute atomic E-state index is 12.6. The van der Waals surface area contributed by atoms with Crippen molar-refractivity contribution < 1.29 is 45.7 Å². The van der Waals surface area contributed by atoms with Crippen molar-refractivity contribution in [3.05, 3.63) is 46.5 Å². The molecule has 2 aromatic carbocycles. The minimum absolute atomic E-state index is 0.329. The van der Waals surface area contributed by atoms with Gasteiger partial charge in [-0.3, -0.25) is 18.7 Å². The average Bonchev–Trinajstić information content (AvgIpc) is 2.52. The smallest absolute Gasteiger partial charge is 0.298 e. The van der Waals surface area contributed by atoms with Gasteiger partial charge in [-0.05, 0) is 24.3 Å². The summed E-state index contributed by atoms with van der Waals surface area (Å²) in [4.78, 5) is 23.2. The molecule has 0 spiro atoms. The molecule has 10 nitrogen and oxygen atoms in total. The van der Waals surface area contributed by atoms with Crippen LogP contribution in [0.25, 0.3) is 0 Å². The SMILES string of the molecule is O=C1c2cc(S(=O)(=O)O)ccc2C(=O)c2c1cc(S(=O)(=O)O)c(O)c2O. The van der Waals surface area contributed by atoms with E-state index in [1.807, 2.05) is 0 Å². The van der Waals surface area contributed by atoms with Gasteiger partial charge in [0.2, 0.25) is 0 Å². The number of phenolic OH excluding ortho intramolecular Hbond substituents is 2. The third kappa shape index (κ3) is 2.55. The van der Waals surface area contributed by atoms with Crippen LogP contribution in [0.3, 0.4) is 0 Å². The fourth-order valence-corrected chi connectivity index (χ4v) is 3.70. The van der Waals surface area contributed by atoms with Crippen molar-refractivity contribution in [2.24, 2.45) is 0 Å². The molecule has 0 bridgehead atoms. The predicted octanol–water partition coefficient (Wildman–Crippen LogP) is 0.367. The van der Waals surface area contributed by atoms with Gasteiger partial charge in [0, 0.05) is 16.7 Å². The van der Waals surface area contributed by atoms with Gasteiger partial charge in [-0.1, -0.05) is 0 Å². The summed E-state index contributed by atoms with van der Waals surface area (Å²) in [6.07, 6.45) is 0. The lowest BCUT2D eigenvalue weighted by Gasteiger charge is -2.20. The zero-order valence-corrected chi connectivity index (χ0v) is 14.0. The fraction of sp³-hybridized carbons (Fsp3) is 0. The molecule has 3 rings (SSSR count). The quantitative estimate of drug-likeness (QED) is 0.346. The molecule has 4 N–H and O–H groups in total. The molecule has 0 fully saturated rings. The molecule has 0 unspecified atom stereocenters. The van der Waals surface area contributed by atoms with Crippen LogP contribution in [0.4, 0.5) is 0 Å². The van der Waals surface area contributed by atoms with Crippen LogP contribution in [0.15, 0.2) is 34.1 Å². The van der Waals surface area contributed by atoms with Crippen LogP contribution in [0, 0.1) is 0 Å². The summed E-state index contributed by atoms with van der Waals surface area (Å²) in [5, 5.41) is 19.7. The van der Waals surface area contributed by atoms with E-state index in [1.54, 1.807) is 0 Å². The van der Waals surface area contributed by atoms with Gasteiger partial charge in [-0.2, -0.15) is 16.8 Å². The summed E-state index contributed by atoms with van der Waals surface area (Å²) in [6, 6.07) is 2.98. The van der Waals surface area contributed by atoms with Gasteiger partial charge in [0.1, 0.15) is 4.90 Å². The monoisotopic (exact) mass is 400 g/mol. The molecule has 1 aliphatic rings. The van der Waals surface area contributed by atoms with Crippen molar-refractivity contribution >= 4 is 31.8 Å². The molecular formula is C14H8O10S2. The van der Waals surface area contributed by atoms with Crippen molar-refractivity contribution in [3.63, 3.8) is 0 Å². The molecule has 0 heterocycles. The normalized spacial score (nSPS) is 14.1. The minimum Gasteiger partial charge on any atom is -0.504 e. The van der Waals surface area contributed by atoms with E-state index in [0.29, 0.717) is 12.1 Å². The lowest BCUT2D eigenvalue weighted by atomic mass is 9.83. The first-order chi connectivity index (χ1) is 11.8. The summed E-state index contributed by atoms with van der Waals surface area (Å²) in [7, 11) is -9.74. The van der Waals surface area contributed by atoms with E-state index in [9.17, 15) is 36.6 Å². The van der Waals surface area contributed by atoms with Crippen LogP contribution >= 0.6 is 0 Å². The second-order valence-electron chi connectivity index (χ2n) is 5.31. The van der Waals surface area contributed by atoms with Gasteiger partial charge >= 0.3 is 0 Å². The summed E-state index contributed by atoms with van der Waals surface area (Å²) < 4.78 is 63.1. The van der Waals surface area contributed by atoms with Gasteiger partial charge in [0.15, 0.2) is 23.1 Å². The van der Waals surface area contributed by atoms with Crippen molar-refractivity contribution in [1.82, 2.24) is 0 Å². The maximum Gasteiger partial charge on any atom is 0.298 e. The molecule has 2 aromatic rings. The highest BCUT2D eigenvalue weighted by molar-refractivity contribution is 7.86. The van der Waals surface area contributed by atoms with Gasteiger partial charge in [0.25, 0.3) is 20.2 Å². The van der Waals surface area contributed by atoms with E-state index >= 15 is 0 Å². The summed E-state index contributed by atoms with van der Waals surface area (Å²) >= 11 is 0. The lowest BCUT2D eigenvalue weighted by Crippen LogP contribution is -2.22. The number of fused-ring (bicyclic) bond motifs is 2. The Balaban J connectivity index is 2.38. The number of phenols is 2. The molecule has 26 heavy (non-hydrogen) atoms. The van der Waals surface area contributed by atoms with Crippen molar-refractivity contribution in [1.29, 1.82) is 0 Å². The number of aromatic hydroxyl groups is 2. The molecule has 0 saturated carbocycles. The molecule has 136 valence electrons. The Labute approximate surface area is 145 Å². The number of carbonyl (C=O) groups is 2. The first-order valence-corrected chi connectivity index (χ1v) is 9.49. The predicted molar refractivity (Wildman–Crippen MR) is 82.7 cm³/mol. The molecule has 0 atom stereocenters. The summed E-state index contributed by atoms with van der Waals surface area (Å²) in [5.41, 5.74) is -2.17. The van der Waals surface area contributed by atoms with E-state index in [0.717, 1.165) is 12.1 Å². The van der Waals surface area contributed by atoms with Crippen LogP contribution in [0.1, 0.15) is 31.8 Å². The average molecular weight is 400 g/mol. The van der Waals surface area contributed by atoms with Crippen molar-refractivity contribution in [3.8, 4) is 11.5 Å². The van der Waals surface area contributed by atoms with E-state index in [4.69, 9.17) is 9.11 Å². The molecule has 0 saturated heterocycles. The molecule has 0 aliphatic heterocycles. The van der Waals surface area contributed by atoms with E-state index < -0.39 is 69.8 Å². The lowest BCUT2D eigenvalue weighted by molar-refractivity contribution is 0.0975. The Hall–Kier alpha value is -2.80. The Morgan fingerprint density at radius 3 is 1.85 bits per heavy atom. The van der Waals surface area contributed by atoms with Crippen LogP contribution < -0.4 is 0 Å². The Bertz CT molecular complexity index is 1220. The first-order valence-electron chi connectivity index (χ1n) is 6.61. The zero-order chi connectivity index (χ0) is 19.6. The molecule has 1 aliphatic carbocycles. The Morgan fingerprint density at radius 2 is 1.31 bits per heavy atom. The molecule has 0 amide bonds. The standard InChI is InChI=1S/C14H8O10S2/c15-11-7-3-5(25(19,20)21)1-2-6(7)12(16)10-8(11)4-9(26(22,23)24)13(17)14(10)18/h1-4,17-18H,(H,19,20,21)(H,22,23,24). The number of benzene rings is 2. The highest BCUT2D eigenvalue weighted by Crippen LogP contribution is 2.42. The molecular weight excluding hydrogens is 392 g/mol. The van der Waals surface area contributed by atoms with Gasteiger partial charge in [0.05, 0.1) is 10.5 Å². The fourth-order valence-electron chi connectivity index (χ4n) is 2.59. The second kappa shape index (κ2) is 5.35. The summed E-state index contributed by atoms with van der Waals surface area (Å²) in [5.74, 6) is -4.59. The molecule has 12 heteroatoms. The van der Waals surface area contributed by atoms with Gasteiger partial charge in [-0.15, -0.1) is 0 Å². The highest BCUT2D eigenvalue weighted by atomic mass is 32.2. The molecule has 0 radical (unpaired) electrons. The number of ketones is 2. The van der Waals surface area contributed by atoms with Crippen molar-refractivity contribution in [2.45, 2.75) is 9.79 Å². The number of carbonyl (C=O) groups excluding carboxylic acids is 2. The van der Waals surface area contributed by atoms with E-state index in [-0.39, 0.29) is 5.56 Å². The van der Waals surface area contributed by atoms with E-state index in [1.165, 1.54) is 0 Å². The van der Waals surface area contributed by atoms with Crippen LogP contribution in [-0.4, -0.2) is 47.7 Å². The Morgan fingerprint density at radius 1 is 0.692 bits per heavy atom. The first kappa shape index (κ1) is 18.0. The zero-order valence-electron chi connectivity index (χ0n) is 12.4. The third-order valence-electron chi connectivity index (χ3n) is 3.77. The second-order valence-corrected chi connectivity index (χ2v) is 8.12. The maximum atomic E-state index is 12.6. The summed E-state index contributed by atoms with van der Waals surface area (Å²) in [6.45, 7) is 0. The van der Waals surface area contributed by atoms with Crippen LogP contribution in [-0.2, 0) is 20.2 Å².